The molecule has 3 unspecified atom stereocenters. The number of ether oxygens (including phenoxy) is 1. The average molecular weight is 844 g/mol. The highest BCUT2D eigenvalue weighted by atomic mass is 16.5. The number of aliphatic hydroxyl groups is 2. The molecule has 3 N–H and O–H groups in total. The number of nitrogens with one attached hydrogen (secondary N) is 1. The Bertz CT molecular complexity index is 993. The van der Waals surface area contributed by atoms with Crippen molar-refractivity contribution in [2.45, 2.75) is 289 Å². The fraction of sp³-hybridized carbons (Fsp3) is 0.852. The Morgan fingerprint density at radius 1 is 0.483 bits per heavy atom. The van der Waals surface area contributed by atoms with Crippen molar-refractivity contribution in [3.63, 3.8) is 0 Å². The first-order valence-corrected chi connectivity index (χ1v) is 26.2. The van der Waals surface area contributed by atoms with E-state index in [1.54, 1.807) is 0 Å². The van der Waals surface area contributed by atoms with Crippen LogP contribution in [0.25, 0.3) is 0 Å². The SMILES string of the molecule is CCCCCCCC/C=C\C/C=C/CCC(=O)OC(CCCCC/C=C/CCCCCCCCCCC)CC(=O)NC(CO)C(O)CCCCCCCCCCCCCC. The minimum absolute atomic E-state index is 0.0471. The zero-order valence-electron chi connectivity index (χ0n) is 40.1. The van der Waals surface area contributed by atoms with Crippen LogP contribution < -0.4 is 5.32 Å². The van der Waals surface area contributed by atoms with Crippen molar-refractivity contribution in [3.05, 3.63) is 36.5 Å². The Hall–Kier alpha value is -1.92. The smallest absolute Gasteiger partial charge is 0.306 e. The molecule has 1 amide bonds. The van der Waals surface area contributed by atoms with Gasteiger partial charge in [-0.3, -0.25) is 9.59 Å². The molecule has 0 aliphatic carbocycles. The molecule has 0 bridgehead atoms. The highest BCUT2D eigenvalue weighted by Crippen LogP contribution is 2.17. The van der Waals surface area contributed by atoms with Gasteiger partial charge in [0.05, 0.1) is 25.2 Å². The predicted molar refractivity (Wildman–Crippen MR) is 259 cm³/mol. The van der Waals surface area contributed by atoms with Gasteiger partial charge in [-0.2, -0.15) is 0 Å². The molecule has 6 heteroatoms. The molecule has 352 valence electrons. The normalized spacial score (nSPS) is 13.5. The first-order chi connectivity index (χ1) is 29.5. The van der Waals surface area contributed by atoms with Crippen LogP contribution in [0, 0.1) is 0 Å². The zero-order valence-corrected chi connectivity index (χ0v) is 40.1. The molecule has 0 aliphatic rings. The summed E-state index contributed by atoms with van der Waals surface area (Å²) in [6.45, 7) is 6.47. The second kappa shape index (κ2) is 48.1. The van der Waals surface area contributed by atoms with Crippen LogP contribution in [0.4, 0.5) is 0 Å². The third-order valence-corrected chi connectivity index (χ3v) is 12.0. The Labute approximate surface area is 373 Å². The Balaban J connectivity index is 4.66. The van der Waals surface area contributed by atoms with Gasteiger partial charge in [-0.05, 0) is 70.6 Å². The molecule has 0 saturated carbocycles. The van der Waals surface area contributed by atoms with Crippen LogP contribution >= 0.6 is 0 Å². The quantitative estimate of drug-likeness (QED) is 0.0322. The van der Waals surface area contributed by atoms with Crippen LogP contribution in [0.15, 0.2) is 36.5 Å². The summed E-state index contributed by atoms with van der Waals surface area (Å²) >= 11 is 0. The van der Waals surface area contributed by atoms with E-state index in [0.29, 0.717) is 19.3 Å². The third-order valence-electron chi connectivity index (χ3n) is 12.0. The number of esters is 1. The number of carbonyl (C=O) groups excluding carboxylic acids is 2. The highest BCUT2D eigenvalue weighted by molar-refractivity contribution is 5.77. The molecular weight excluding hydrogens is 743 g/mol. The lowest BCUT2D eigenvalue weighted by molar-refractivity contribution is -0.150. The monoisotopic (exact) mass is 844 g/mol. The van der Waals surface area contributed by atoms with Gasteiger partial charge in [-0.15, -0.1) is 0 Å². The van der Waals surface area contributed by atoms with Crippen molar-refractivity contribution in [1.29, 1.82) is 0 Å². The Kier molecular flexibility index (Phi) is 46.6. The van der Waals surface area contributed by atoms with E-state index in [-0.39, 0.29) is 31.3 Å². The van der Waals surface area contributed by atoms with Gasteiger partial charge >= 0.3 is 5.97 Å². The molecule has 0 rings (SSSR count). The van der Waals surface area contributed by atoms with E-state index in [1.165, 1.54) is 154 Å². The van der Waals surface area contributed by atoms with E-state index in [1.807, 2.05) is 6.08 Å². The maximum atomic E-state index is 13.2. The van der Waals surface area contributed by atoms with Crippen molar-refractivity contribution in [3.8, 4) is 0 Å². The van der Waals surface area contributed by atoms with Gasteiger partial charge in [0.1, 0.15) is 6.10 Å². The van der Waals surface area contributed by atoms with Crippen LogP contribution in [0.1, 0.15) is 271 Å². The summed E-state index contributed by atoms with van der Waals surface area (Å²) in [6.07, 6.45) is 56.4. The fourth-order valence-electron chi connectivity index (χ4n) is 7.95. The number of rotatable bonds is 47. The summed E-state index contributed by atoms with van der Waals surface area (Å²) in [5.74, 6) is -0.561. The maximum Gasteiger partial charge on any atom is 0.306 e. The molecule has 6 nitrogen and oxygen atoms in total. The van der Waals surface area contributed by atoms with E-state index in [4.69, 9.17) is 4.74 Å². The number of carbonyl (C=O) groups is 2. The van der Waals surface area contributed by atoms with Gasteiger partial charge < -0.3 is 20.3 Å². The van der Waals surface area contributed by atoms with Gasteiger partial charge in [0.15, 0.2) is 0 Å². The summed E-state index contributed by atoms with van der Waals surface area (Å²) in [5.41, 5.74) is 0. The molecule has 60 heavy (non-hydrogen) atoms. The molecule has 0 radical (unpaired) electrons. The van der Waals surface area contributed by atoms with Gasteiger partial charge in [-0.1, -0.05) is 224 Å². The summed E-state index contributed by atoms with van der Waals surface area (Å²) in [5, 5.41) is 23.7. The van der Waals surface area contributed by atoms with Gasteiger partial charge in [0.25, 0.3) is 0 Å². The second-order valence-corrected chi connectivity index (χ2v) is 17.9. The Morgan fingerprint density at radius 3 is 1.30 bits per heavy atom. The second-order valence-electron chi connectivity index (χ2n) is 17.9. The van der Waals surface area contributed by atoms with Gasteiger partial charge in [-0.25, -0.2) is 0 Å². The van der Waals surface area contributed by atoms with E-state index in [2.05, 4.69) is 56.5 Å². The maximum absolute atomic E-state index is 13.2. The van der Waals surface area contributed by atoms with E-state index in [9.17, 15) is 19.8 Å². The standard InChI is InChI=1S/C54H101NO5/c1-4-7-10-13-16-19-22-25-26-27-29-30-33-36-39-42-45-50(60-54(59)47-44-41-38-35-32-28-23-20-17-14-11-8-5-2)48-53(58)55-51(49-56)52(57)46-43-40-37-34-31-24-21-18-15-12-9-6-3/h28-30,32,38,41,50-52,56-57H,4-27,31,33-37,39-40,42-49H2,1-3H3,(H,55,58)/b30-29+,32-28-,41-38+. The third kappa shape index (κ3) is 42.8. The molecular formula is C54H101NO5. The van der Waals surface area contributed by atoms with Crippen molar-refractivity contribution in [2.24, 2.45) is 0 Å². The molecule has 0 aromatic rings. The lowest BCUT2D eigenvalue weighted by atomic mass is 10.0. The van der Waals surface area contributed by atoms with Crippen molar-refractivity contribution >= 4 is 11.9 Å². The highest BCUT2D eigenvalue weighted by Gasteiger charge is 2.24. The Morgan fingerprint density at radius 2 is 0.850 bits per heavy atom. The number of aliphatic hydroxyl groups excluding tert-OH is 2. The number of unbranched alkanes of at least 4 members (excludes halogenated alkanes) is 29. The van der Waals surface area contributed by atoms with Crippen LogP contribution in [0.5, 0.6) is 0 Å². The van der Waals surface area contributed by atoms with Gasteiger partial charge in [0, 0.05) is 6.42 Å². The molecule has 0 aliphatic heterocycles. The molecule has 0 heterocycles. The summed E-state index contributed by atoms with van der Waals surface area (Å²) in [7, 11) is 0. The van der Waals surface area contributed by atoms with E-state index < -0.39 is 18.2 Å². The lowest BCUT2D eigenvalue weighted by Gasteiger charge is -2.24. The van der Waals surface area contributed by atoms with Crippen LogP contribution in [-0.4, -0.2) is 46.9 Å². The summed E-state index contributed by atoms with van der Waals surface area (Å²) in [4.78, 5) is 26.1. The molecule has 0 aromatic carbocycles. The number of amides is 1. The first-order valence-electron chi connectivity index (χ1n) is 26.2. The van der Waals surface area contributed by atoms with Crippen LogP contribution in [-0.2, 0) is 14.3 Å². The van der Waals surface area contributed by atoms with Gasteiger partial charge in [0.2, 0.25) is 5.91 Å². The number of hydrogen-bond donors (Lipinski definition) is 3. The minimum atomic E-state index is -0.798. The molecule has 0 saturated heterocycles. The molecule has 0 aromatic heterocycles. The number of hydrogen-bond acceptors (Lipinski definition) is 5. The minimum Gasteiger partial charge on any atom is -0.462 e. The van der Waals surface area contributed by atoms with Crippen molar-refractivity contribution in [1.82, 2.24) is 5.32 Å². The van der Waals surface area contributed by atoms with E-state index in [0.717, 1.165) is 64.2 Å². The first kappa shape index (κ1) is 58.1. The largest absolute Gasteiger partial charge is 0.462 e. The van der Waals surface area contributed by atoms with Crippen LogP contribution in [0.3, 0.4) is 0 Å². The average Bonchev–Trinajstić information content (AvgIpc) is 3.24. The number of allylic oxidation sites excluding steroid dienone is 6. The van der Waals surface area contributed by atoms with Crippen molar-refractivity contribution in [2.75, 3.05) is 6.61 Å². The lowest BCUT2D eigenvalue weighted by Crippen LogP contribution is -2.46. The summed E-state index contributed by atoms with van der Waals surface area (Å²) in [6, 6.07) is -0.714. The van der Waals surface area contributed by atoms with Crippen LogP contribution in [0.2, 0.25) is 0 Å². The zero-order chi connectivity index (χ0) is 43.8. The predicted octanol–water partition coefficient (Wildman–Crippen LogP) is 15.7. The topological polar surface area (TPSA) is 95.9 Å². The summed E-state index contributed by atoms with van der Waals surface area (Å²) < 4.78 is 5.89. The van der Waals surface area contributed by atoms with Crippen molar-refractivity contribution < 1.29 is 24.5 Å². The molecule has 0 spiro atoms. The fourth-order valence-corrected chi connectivity index (χ4v) is 7.95. The molecule has 0 fully saturated rings. The molecule has 3 atom stereocenters. The van der Waals surface area contributed by atoms with E-state index >= 15 is 0 Å².